The van der Waals surface area contributed by atoms with Crippen LogP contribution in [0.15, 0.2) is 0 Å². The molecule has 1 atom stereocenters. The Morgan fingerprint density at radius 3 is 2.33 bits per heavy atom. The molecule has 0 aromatic carbocycles. The fraction of sp³-hybridized carbons (Fsp3) is 0.800. The summed E-state index contributed by atoms with van der Waals surface area (Å²) in [5, 5.41) is 8.43. The molecule has 0 aromatic heterocycles. The molecule has 0 fully saturated rings. The minimum atomic E-state index is -1.54. The largest absolute Gasteiger partial charge is 0.238 e. The normalized spacial score (nSPS) is 13.2. The molecule has 0 aromatic rings. The quantitative estimate of drug-likeness (QED) is 0.485. The van der Waals surface area contributed by atoms with Gasteiger partial charge in [-0.3, -0.25) is 0 Å². The summed E-state index contributed by atoms with van der Waals surface area (Å²) >= 11 is 11.2. The minimum Gasteiger partial charge on any atom is -0.198 e. The van der Waals surface area contributed by atoms with Gasteiger partial charge in [-0.05, 0) is 12.5 Å². The van der Waals surface area contributed by atoms with Crippen molar-refractivity contribution in [1.82, 2.24) is 0 Å². The molecule has 0 aliphatic rings. The van der Waals surface area contributed by atoms with Crippen molar-refractivity contribution in [1.29, 1.82) is 5.26 Å². The molecule has 9 heavy (non-hydrogen) atoms. The van der Waals surface area contributed by atoms with E-state index in [9.17, 15) is 0 Å². The Morgan fingerprint density at radius 2 is 2.22 bits per heavy atom. The minimum absolute atomic E-state index is 0.0802. The Labute approximate surface area is 66.6 Å². The first-order valence-electron chi connectivity index (χ1n) is 2.88. The maximum atomic E-state index is 8.43. The zero-order valence-corrected chi connectivity index (χ0v) is 7.94. The molecule has 0 saturated carbocycles. The fourth-order valence-corrected chi connectivity index (χ4v) is 2.69. The molecule has 0 aliphatic heterocycles. The van der Waals surface area contributed by atoms with Crippen LogP contribution in [0.4, 0.5) is 0 Å². The van der Waals surface area contributed by atoms with E-state index in [0.717, 1.165) is 12.5 Å². The Bertz CT molecular complexity index is 110. The Morgan fingerprint density at radius 1 is 1.67 bits per heavy atom. The monoisotopic (exact) mass is 181 g/mol. The van der Waals surface area contributed by atoms with Crippen molar-refractivity contribution in [3.63, 3.8) is 0 Å². The lowest BCUT2D eigenvalue weighted by Gasteiger charge is -2.02. The van der Waals surface area contributed by atoms with Crippen LogP contribution < -0.4 is 0 Å². The van der Waals surface area contributed by atoms with Gasteiger partial charge < -0.3 is 0 Å². The second-order valence-electron chi connectivity index (χ2n) is 1.86. The summed E-state index contributed by atoms with van der Waals surface area (Å²) < 4.78 is 0. The summed E-state index contributed by atoms with van der Waals surface area (Å²) in [6.45, 7) is 1.97. The van der Waals surface area contributed by atoms with Gasteiger partial charge in [-0.2, -0.15) is 27.4 Å². The average Bonchev–Trinajstić information content (AvgIpc) is 1.82. The zero-order chi connectivity index (χ0) is 7.28. The molecule has 0 spiro atoms. The van der Waals surface area contributed by atoms with Gasteiger partial charge in [-0.25, -0.2) is 0 Å². The molecule has 1 nitrogen and oxygen atoms in total. The summed E-state index contributed by atoms with van der Waals surface area (Å²) in [6.07, 6.45) is 0.861. The van der Waals surface area contributed by atoms with Gasteiger partial charge >= 0.3 is 0 Å². The summed E-state index contributed by atoms with van der Waals surface area (Å²) in [7, 11) is -1.54. The van der Waals surface area contributed by atoms with Crippen LogP contribution in [0.2, 0.25) is 6.04 Å². The molecule has 0 bridgehead atoms. The van der Waals surface area contributed by atoms with Crippen molar-refractivity contribution in [3.05, 3.63) is 0 Å². The van der Waals surface area contributed by atoms with E-state index in [1.165, 1.54) is 0 Å². The van der Waals surface area contributed by atoms with Crippen LogP contribution >= 0.6 is 22.2 Å². The van der Waals surface area contributed by atoms with Crippen molar-refractivity contribution < 1.29 is 0 Å². The topological polar surface area (TPSA) is 23.8 Å². The van der Waals surface area contributed by atoms with Gasteiger partial charge in [0.15, 0.2) is 0 Å². The van der Waals surface area contributed by atoms with Crippen molar-refractivity contribution in [2.75, 3.05) is 0 Å². The van der Waals surface area contributed by atoms with E-state index in [2.05, 4.69) is 6.07 Å². The lowest BCUT2D eigenvalue weighted by molar-refractivity contribution is 0.710. The Kier molecular flexibility index (Phi) is 5.26. The van der Waals surface area contributed by atoms with Gasteiger partial charge in [0.2, 0.25) is 7.42 Å². The van der Waals surface area contributed by atoms with E-state index in [-0.39, 0.29) is 5.92 Å². The fourth-order valence-electron chi connectivity index (χ4n) is 0.526. The van der Waals surface area contributed by atoms with Crippen LogP contribution in [0, 0.1) is 17.2 Å². The van der Waals surface area contributed by atoms with Crippen LogP contribution in [0.1, 0.15) is 13.3 Å². The lowest BCUT2D eigenvalue weighted by Crippen LogP contribution is -2.02. The number of nitriles is 1. The zero-order valence-electron chi connectivity index (χ0n) is 5.27. The molecule has 0 rings (SSSR count). The van der Waals surface area contributed by atoms with Crippen molar-refractivity contribution in [2.24, 2.45) is 5.92 Å². The third-order valence-electron chi connectivity index (χ3n) is 1.14. The third kappa shape index (κ3) is 4.77. The predicted molar refractivity (Wildman–Crippen MR) is 43.1 cm³/mol. The number of hydrogen-bond donors (Lipinski definition) is 0. The van der Waals surface area contributed by atoms with Crippen molar-refractivity contribution in [3.8, 4) is 6.07 Å². The number of nitrogens with zero attached hydrogens (tertiary/aromatic N) is 1. The molecule has 0 saturated heterocycles. The summed E-state index contributed by atoms with van der Waals surface area (Å²) in [6, 6.07) is 2.87. The summed E-state index contributed by atoms with van der Waals surface area (Å²) in [4.78, 5) is 0. The van der Waals surface area contributed by atoms with Gasteiger partial charge in [-0.1, -0.05) is 6.92 Å². The van der Waals surface area contributed by atoms with E-state index in [4.69, 9.17) is 27.4 Å². The second kappa shape index (κ2) is 5.10. The first-order chi connectivity index (χ1) is 4.20. The van der Waals surface area contributed by atoms with Crippen LogP contribution in [-0.4, -0.2) is 7.42 Å². The summed E-state index contributed by atoms with van der Waals surface area (Å²) in [5.41, 5.74) is 0. The van der Waals surface area contributed by atoms with E-state index >= 15 is 0 Å². The molecule has 1 unspecified atom stereocenters. The van der Waals surface area contributed by atoms with Crippen LogP contribution in [0.5, 0.6) is 0 Å². The van der Waals surface area contributed by atoms with Gasteiger partial charge in [0.05, 0.1) is 6.07 Å². The Hall–Kier alpha value is 0.287. The number of hydrogen-bond acceptors (Lipinski definition) is 1. The van der Waals surface area contributed by atoms with E-state index < -0.39 is 7.42 Å². The molecule has 52 valence electrons. The van der Waals surface area contributed by atoms with Crippen molar-refractivity contribution >= 4 is 29.6 Å². The van der Waals surface area contributed by atoms with Crippen molar-refractivity contribution in [2.45, 2.75) is 19.4 Å². The maximum Gasteiger partial charge on any atom is 0.238 e. The second-order valence-corrected chi connectivity index (χ2v) is 6.95. The highest BCUT2D eigenvalue weighted by Crippen LogP contribution is 2.14. The highest BCUT2D eigenvalue weighted by atomic mass is 35.7. The molecular weight excluding hydrogens is 173 g/mol. The van der Waals surface area contributed by atoms with E-state index in [1.807, 2.05) is 6.92 Å². The molecule has 0 N–H and O–H groups in total. The lowest BCUT2D eigenvalue weighted by atomic mass is 10.1. The maximum absolute atomic E-state index is 8.43. The highest BCUT2D eigenvalue weighted by Gasteiger charge is 2.10. The number of halogens is 2. The van der Waals surface area contributed by atoms with Crippen LogP contribution in [-0.2, 0) is 0 Å². The first-order valence-corrected chi connectivity index (χ1v) is 7.19. The standard InChI is InChI=1S/C5H9Cl2NSi/c1-2-5(3-8)4-9(6)7/h5,9H,2,4H2,1H3. The average molecular weight is 182 g/mol. The highest BCUT2D eigenvalue weighted by molar-refractivity contribution is 7.33. The van der Waals surface area contributed by atoms with Gasteiger partial charge in [0.1, 0.15) is 0 Å². The van der Waals surface area contributed by atoms with Crippen LogP contribution in [0.3, 0.4) is 0 Å². The molecular formula is C5H9Cl2NSi. The molecule has 0 amide bonds. The van der Waals surface area contributed by atoms with Gasteiger partial charge in [-0.15, -0.1) is 0 Å². The molecule has 0 heterocycles. The SMILES string of the molecule is CCC(C#N)C[SiH](Cl)Cl. The summed E-state index contributed by atoms with van der Waals surface area (Å²) in [5.74, 6) is 0.0802. The molecule has 0 aliphatic carbocycles. The van der Waals surface area contributed by atoms with Crippen LogP contribution in [0.25, 0.3) is 0 Å². The predicted octanol–water partition coefficient (Wildman–Crippen LogP) is 2.23. The van der Waals surface area contributed by atoms with Gasteiger partial charge in [0, 0.05) is 5.92 Å². The third-order valence-corrected chi connectivity index (χ3v) is 3.13. The molecule has 4 heteroatoms. The molecule has 0 radical (unpaired) electrons. The Balaban J connectivity index is 3.47. The van der Waals surface area contributed by atoms with E-state index in [1.54, 1.807) is 0 Å². The van der Waals surface area contributed by atoms with E-state index in [0.29, 0.717) is 0 Å². The smallest absolute Gasteiger partial charge is 0.198 e. The first kappa shape index (κ1) is 9.29. The van der Waals surface area contributed by atoms with Gasteiger partial charge in [0.25, 0.3) is 0 Å². The number of rotatable bonds is 3.